The highest BCUT2D eigenvalue weighted by atomic mass is 32.2. The summed E-state index contributed by atoms with van der Waals surface area (Å²) in [4.78, 5) is 15.2. The van der Waals surface area contributed by atoms with Crippen LogP contribution in [0.4, 0.5) is 5.69 Å². The van der Waals surface area contributed by atoms with Crippen molar-refractivity contribution >= 4 is 23.4 Å². The third-order valence-electron chi connectivity index (χ3n) is 5.10. The zero-order valence-corrected chi connectivity index (χ0v) is 18.7. The van der Waals surface area contributed by atoms with Crippen molar-refractivity contribution in [1.29, 1.82) is 0 Å². The lowest BCUT2D eigenvalue weighted by molar-refractivity contribution is 0.0696. The average molecular weight is 400 g/mol. The number of hydrogen-bond acceptors (Lipinski definition) is 3. The molecule has 0 aromatic heterocycles. The van der Waals surface area contributed by atoms with Crippen LogP contribution < -0.4 is 4.90 Å². The molecule has 0 aliphatic heterocycles. The van der Waals surface area contributed by atoms with Gasteiger partial charge in [0, 0.05) is 29.2 Å². The monoisotopic (exact) mass is 399 g/mol. The number of nitrogens with zero attached hydrogens (tertiary/aromatic N) is 1. The number of benzene rings is 2. The van der Waals surface area contributed by atoms with Gasteiger partial charge in [-0.05, 0) is 56.2 Å². The first-order chi connectivity index (χ1) is 13.4. The molecule has 0 aliphatic carbocycles. The van der Waals surface area contributed by atoms with Gasteiger partial charge in [-0.3, -0.25) is 0 Å². The molecule has 0 aliphatic rings. The number of aryl methyl sites for hydroxylation is 2. The summed E-state index contributed by atoms with van der Waals surface area (Å²) in [6, 6.07) is 10.2. The van der Waals surface area contributed by atoms with Crippen LogP contribution >= 0.6 is 11.8 Å². The summed E-state index contributed by atoms with van der Waals surface area (Å²) in [5.74, 6) is -0.866. The highest BCUT2D eigenvalue weighted by molar-refractivity contribution is 7.98. The Morgan fingerprint density at radius 2 is 1.68 bits per heavy atom. The number of carbonyl (C=O) groups is 1. The third-order valence-corrected chi connectivity index (χ3v) is 5.87. The molecule has 4 heteroatoms. The molecule has 0 bridgehead atoms. The minimum atomic E-state index is -0.866. The van der Waals surface area contributed by atoms with Crippen LogP contribution in [0.2, 0.25) is 0 Å². The minimum Gasteiger partial charge on any atom is -0.478 e. The molecule has 0 radical (unpaired) electrons. The van der Waals surface area contributed by atoms with Gasteiger partial charge in [-0.1, -0.05) is 50.5 Å². The fourth-order valence-electron chi connectivity index (χ4n) is 3.55. The van der Waals surface area contributed by atoms with Gasteiger partial charge >= 0.3 is 5.97 Å². The van der Waals surface area contributed by atoms with Gasteiger partial charge in [-0.2, -0.15) is 0 Å². The SMILES string of the molecule is CCCCN(CCCC)c1cc(C(=O)O)cc(SC)c1-c1ccc(C)cc1C. The first-order valence-electron chi connectivity index (χ1n) is 10.2. The zero-order chi connectivity index (χ0) is 20.7. The van der Waals surface area contributed by atoms with Crippen molar-refractivity contribution < 1.29 is 9.90 Å². The summed E-state index contributed by atoms with van der Waals surface area (Å²) in [5, 5.41) is 9.69. The Balaban J connectivity index is 2.74. The maximum Gasteiger partial charge on any atom is 0.335 e. The zero-order valence-electron chi connectivity index (χ0n) is 17.8. The standard InChI is InChI=1S/C24H33NO2S/c1-6-8-12-25(13-9-7-2)21-15-19(24(26)27)16-22(28-5)23(21)20-11-10-17(3)14-18(20)4/h10-11,14-16H,6-9,12-13H2,1-5H3,(H,26,27). The Bertz CT molecular complexity index is 808. The van der Waals surface area contributed by atoms with Crippen molar-refractivity contribution in [2.24, 2.45) is 0 Å². The van der Waals surface area contributed by atoms with E-state index >= 15 is 0 Å². The lowest BCUT2D eigenvalue weighted by Gasteiger charge is -2.29. The first kappa shape index (κ1) is 22.4. The topological polar surface area (TPSA) is 40.5 Å². The predicted molar refractivity (Wildman–Crippen MR) is 122 cm³/mol. The molecule has 1 N–H and O–H groups in total. The molecule has 0 saturated carbocycles. The highest BCUT2D eigenvalue weighted by Gasteiger charge is 2.20. The van der Waals surface area contributed by atoms with E-state index in [2.05, 4.69) is 50.8 Å². The maximum atomic E-state index is 11.8. The van der Waals surface area contributed by atoms with Crippen LogP contribution in [0.25, 0.3) is 11.1 Å². The lowest BCUT2D eigenvalue weighted by atomic mass is 9.95. The van der Waals surface area contributed by atoms with Gasteiger partial charge in [0.15, 0.2) is 0 Å². The van der Waals surface area contributed by atoms with E-state index in [9.17, 15) is 9.90 Å². The van der Waals surface area contributed by atoms with E-state index < -0.39 is 5.97 Å². The number of carboxylic acid groups (broad SMARTS) is 1. The molecular formula is C24H33NO2S. The first-order valence-corrected chi connectivity index (χ1v) is 11.4. The van der Waals surface area contributed by atoms with Crippen molar-refractivity contribution in [3.63, 3.8) is 0 Å². The molecule has 0 unspecified atom stereocenters. The summed E-state index contributed by atoms with van der Waals surface area (Å²) in [7, 11) is 0. The Morgan fingerprint density at radius 3 is 2.18 bits per heavy atom. The average Bonchev–Trinajstić information content (AvgIpc) is 2.67. The van der Waals surface area contributed by atoms with Crippen LogP contribution in [0.5, 0.6) is 0 Å². The molecule has 152 valence electrons. The number of carboxylic acids is 1. The van der Waals surface area contributed by atoms with Crippen molar-refractivity contribution in [2.75, 3.05) is 24.2 Å². The molecule has 2 aromatic carbocycles. The van der Waals surface area contributed by atoms with Gasteiger partial charge < -0.3 is 10.0 Å². The Hall–Kier alpha value is -1.94. The number of rotatable bonds is 10. The highest BCUT2D eigenvalue weighted by Crippen LogP contribution is 2.41. The Morgan fingerprint density at radius 1 is 1.04 bits per heavy atom. The fourth-order valence-corrected chi connectivity index (χ4v) is 4.21. The molecule has 0 fully saturated rings. The molecule has 0 spiro atoms. The molecule has 0 atom stereocenters. The van der Waals surface area contributed by atoms with E-state index in [1.165, 1.54) is 22.3 Å². The third kappa shape index (κ3) is 5.32. The Labute approximate surface area is 174 Å². The smallest absolute Gasteiger partial charge is 0.335 e. The van der Waals surface area contributed by atoms with Crippen LogP contribution in [0.1, 0.15) is 61.0 Å². The summed E-state index contributed by atoms with van der Waals surface area (Å²) >= 11 is 1.62. The van der Waals surface area contributed by atoms with Gasteiger partial charge in [-0.15, -0.1) is 11.8 Å². The second kappa shape index (κ2) is 10.6. The summed E-state index contributed by atoms with van der Waals surface area (Å²) < 4.78 is 0. The van der Waals surface area contributed by atoms with Crippen molar-refractivity contribution in [2.45, 2.75) is 58.3 Å². The molecule has 2 aromatic rings. The van der Waals surface area contributed by atoms with Crippen LogP contribution in [-0.4, -0.2) is 30.4 Å². The summed E-state index contributed by atoms with van der Waals surface area (Å²) in [6.45, 7) is 10.5. The van der Waals surface area contributed by atoms with E-state index in [0.717, 1.165) is 49.4 Å². The fraction of sp³-hybridized carbons (Fsp3) is 0.458. The number of aromatic carboxylic acids is 1. The summed E-state index contributed by atoms with van der Waals surface area (Å²) in [5.41, 5.74) is 6.25. The predicted octanol–water partition coefficient (Wildman–Crippen LogP) is 6.80. The van der Waals surface area contributed by atoms with E-state index in [1.807, 2.05) is 18.4 Å². The maximum absolute atomic E-state index is 11.8. The van der Waals surface area contributed by atoms with Crippen molar-refractivity contribution in [3.8, 4) is 11.1 Å². The minimum absolute atomic E-state index is 0.367. The van der Waals surface area contributed by atoms with Gasteiger partial charge in [-0.25, -0.2) is 4.79 Å². The number of unbranched alkanes of at least 4 members (excludes halogenated alkanes) is 2. The largest absolute Gasteiger partial charge is 0.478 e. The van der Waals surface area contributed by atoms with E-state index in [-0.39, 0.29) is 0 Å². The van der Waals surface area contributed by atoms with Crippen LogP contribution in [0, 0.1) is 13.8 Å². The van der Waals surface area contributed by atoms with E-state index in [1.54, 1.807) is 11.8 Å². The molecule has 3 nitrogen and oxygen atoms in total. The molecule has 28 heavy (non-hydrogen) atoms. The molecule has 0 saturated heterocycles. The lowest BCUT2D eigenvalue weighted by Crippen LogP contribution is -2.26. The van der Waals surface area contributed by atoms with Crippen molar-refractivity contribution in [3.05, 3.63) is 47.0 Å². The van der Waals surface area contributed by atoms with Crippen LogP contribution in [-0.2, 0) is 0 Å². The summed E-state index contributed by atoms with van der Waals surface area (Å²) in [6.07, 6.45) is 6.47. The van der Waals surface area contributed by atoms with Crippen LogP contribution in [0.15, 0.2) is 35.2 Å². The van der Waals surface area contributed by atoms with Gasteiger partial charge in [0.1, 0.15) is 0 Å². The molecule has 0 amide bonds. The number of thioether (sulfide) groups is 1. The molecule has 0 heterocycles. The second-order valence-electron chi connectivity index (χ2n) is 7.39. The van der Waals surface area contributed by atoms with Crippen LogP contribution in [0.3, 0.4) is 0 Å². The van der Waals surface area contributed by atoms with Crippen molar-refractivity contribution in [1.82, 2.24) is 0 Å². The van der Waals surface area contributed by atoms with E-state index in [0.29, 0.717) is 5.56 Å². The quantitative estimate of drug-likeness (QED) is 0.446. The van der Waals surface area contributed by atoms with E-state index in [4.69, 9.17) is 0 Å². The number of hydrogen-bond donors (Lipinski definition) is 1. The normalized spacial score (nSPS) is 10.9. The molecular weight excluding hydrogens is 366 g/mol. The number of anilines is 1. The Kier molecular flexibility index (Phi) is 8.43. The second-order valence-corrected chi connectivity index (χ2v) is 8.24. The van der Waals surface area contributed by atoms with Gasteiger partial charge in [0.05, 0.1) is 5.56 Å². The molecule has 2 rings (SSSR count). The van der Waals surface area contributed by atoms with Gasteiger partial charge in [0.25, 0.3) is 0 Å². The van der Waals surface area contributed by atoms with Gasteiger partial charge in [0.2, 0.25) is 0 Å².